The lowest BCUT2D eigenvalue weighted by atomic mass is 10.1. The number of rotatable bonds is 2. The van der Waals surface area contributed by atoms with Crippen LogP contribution in [0.2, 0.25) is 0 Å². The summed E-state index contributed by atoms with van der Waals surface area (Å²) in [6.45, 7) is 3.41. The molecule has 0 amide bonds. The second-order valence-corrected chi connectivity index (χ2v) is 2.64. The summed E-state index contributed by atoms with van der Waals surface area (Å²) in [6.07, 6.45) is 1.38. The minimum absolute atomic E-state index is 0.551. The topological polar surface area (TPSA) is 63.1 Å². The van der Waals surface area contributed by atoms with Gasteiger partial charge < -0.3 is 5.11 Å². The third kappa shape index (κ3) is 1.78. The second kappa shape index (κ2) is 3.30. The molecular formula is C8H10N2O2. The lowest BCUT2D eigenvalue weighted by Gasteiger charge is -2.04. The van der Waals surface area contributed by atoms with Gasteiger partial charge in [0.1, 0.15) is 6.33 Å². The Morgan fingerprint density at radius 2 is 2.25 bits per heavy atom. The maximum Gasteiger partial charge on any atom is 0.312 e. The zero-order valence-electron chi connectivity index (χ0n) is 6.98. The number of nitrogens with zero attached hydrogens (tertiary/aromatic N) is 2. The van der Waals surface area contributed by atoms with Crippen LogP contribution < -0.4 is 0 Å². The van der Waals surface area contributed by atoms with Crippen molar-refractivity contribution in [1.82, 2.24) is 9.97 Å². The predicted molar refractivity (Wildman–Crippen MR) is 42.8 cm³/mol. The quantitative estimate of drug-likeness (QED) is 0.711. The summed E-state index contributed by atoms with van der Waals surface area (Å²) in [5.74, 6) is -1.43. The summed E-state index contributed by atoms with van der Waals surface area (Å²) in [5, 5.41) is 8.67. The van der Waals surface area contributed by atoms with Crippen molar-refractivity contribution in [1.29, 1.82) is 0 Å². The van der Waals surface area contributed by atoms with Gasteiger partial charge in [0.05, 0.1) is 11.6 Å². The number of carbonyl (C=O) groups is 1. The SMILES string of the molecule is Cc1cc(C(C)C(=O)O)ncn1. The van der Waals surface area contributed by atoms with E-state index in [9.17, 15) is 4.79 Å². The Labute approximate surface area is 70.3 Å². The van der Waals surface area contributed by atoms with Gasteiger partial charge in [0, 0.05) is 5.69 Å². The molecule has 0 fully saturated rings. The van der Waals surface area contributed by atoms with Crippen molar-refractivity contribution in [2.45, 2.75) is 19.8 Å². The number of carboxylic acid groups (broad SMARTS) is 1. The average Bonchev–Trinajstić information content (AvgIpc) is 2.03. The molecule has 0 radical (unpaired) electrons. The van der Waals surface area contributed by atoms with Gasteiger partial charge in [0.2, 0.25) is 0 Å². The largest absolute Gasteiger partial charge is 0.481 e. The molecule has 64 valence electrons. The van der Waals surface area contributed by atoms with E-state index in [1.807, 2.05) is 0 Å². The van der Waals surface area contributed by atoms with Crippen molar-refractivity contribution in [3.8, 4) is 0 Å². The highest BCUT2D eigenvalue weighted by Gasteiger charge is 2.14. The van der Waals surface area contributed by atoms with Gasteiger partial charge in [0.15, 0.2) is 0 Å². The first-order chi connectivity index (χ1) is 5.61. The monoisotopic (exact) mass is 166 g/mol. The maximum atomic E-state index is 10.6. The average molecular weight is 166 g/mol. The van der Waals surface area contributed by atoms with E-state index < -0.39 is 11.9 Å². The van der Waals surface area contributed by atoms with E-state index in [4.69, 9.17) is 5.11 Å². The summed E-state index contributed by atoms with van der Waals surface area (Å²) >= 11 is 0. The van der Waals surface area contributed by atoms with Gasteiger partial charge in [-0.15, -0.1) is 0 Å². The van der Waals surface area contributed by atoms with Crippen LogP contribution in [0.5, 0.6) is 0 Å². The smallest absolute Gasteiger partial charge is 0.312 e. The Kier molecular flexibility index (Phi) is 2.38. The highest BCUT2D eigenvalue weighted by atomic mass is 16.4. The van der Waals surface area contributed by atoms with Crippen LogP contribution in [0.3, 0.4) is 0 Å². The summed E-state index contributed by atoms with van der Waals surface area (Å²) < 4.78 is 0. The molecule has 0 aromatic carbocycles. The maximum absolute atomic E-state index is 10.6. The van der Waals surface area contributed by atoms with Crippen LogP contribution in [0.15, 0.2) is 12.4 Å². The summed E-state index contributed by atoms with van der Waals surface area (Å²) in [4.78, 5) is 18.3. The van der Waals surface area contributed by atoms with Gasteiger partial charge in [-0.2, -0.15) is 0 Å². The molecule has 1 aromatic heterocycles. The number of aromatic nitrogens is 2. The fraction of sp³-hybridized carbons (Fsp3) is 0.375. The van der Waals surface area contributed by atoms with E-state index in [1.165, 1.54) is 6.33 Å². The van der Waals surface area contributed by atoms with Crippen molar-refractivity contribution < 1.29 is 9.90 Å². The van der Waals surface area contributed by atoms with Gasteiger partial charge in [-0.05, 0) is 19.9 Å². The number of aliphatic carboxylic acids is 1. The molecule has 1 atom stereocenters. The van der Waals surface area contributed by atoms with Gasteiger partial charge in [0.25, 0.3) is 0 Å². The Morgan fingerprint density at radius 3 is 2.75 bits per heavy atom. The van der Waals surface area contributed by atoms with Crippen molar-refractivity contribution in [3.63, 3.8) is 0 Å². The lowest BCUT2D eigenvalue weighted by molar-refractivity contribution is -0.138. The normalized spacial score (nSPS) is 12.5. The van der Waals surface area contributed by atoms with Gasteiger partial charge in [-0.25, -0.2) is 9.97 Å². The predicted octanol–water partition coefficient (Wildman–Crippen LogP) is 0.973. The molecule has 4 heteroatoms. The molecule has 1 aromatic rings. The molecule has 0 aliphatic carbocycles. The third-order valence-electron chi connectivity index (χ3n) is 1.64. The van der Waals surface area contributed by atoms with E-state index in [2.05, 4.69) is 9.97 Å². The molecule has 0 bridgehead atoms. The number of aryl methyl sites for hydroxylation is 1. The van der Waals surface area contributed by atoms with Crippen LogP contribution in [-0.4, -0.2) is 21.0 Å². The number of carboxylic acids is 1. The van der Waals surface area contributed by atoms with Crippen molar-refractivity contribution in [3.05, 3.63) is 23.8 Å². The van der Waals surface area contributed by atoms with Crippen LogP contribution >= 0.6 is 0 Å². The molecule has 0 aliphatic heterocycles. The summed E-state index contributed by atoms with van der Waals surface area (Å²) in [6, 6.07) is 1.68. The van der Waals surface area contributed by atoms with Crippen molar-refractivity contribution in [2.24, 2.45) is 0 Å². The molecule has 0 aliphatic rings. The zero-order valence-corrected chi connectivity index (χ0v) is 6.98. The first-order valence-electron chi connectivity index (χ1n) is 3.62. The van der Waals surface area contributed by atoms with E-state index >= 15 is 0 Å². The minimum atomic E-state index is -0.867. The van der Waals surface area contributed by atoms with Crippen LogP contribution in [-0.2, 0) is 4.79 Å². The first kappa shape index (κ1) is 8.64. The molecule has 0 saturated heterocycles. The Bertz CT molecular complexity index is 299. The molecule has 1 rings (SSSR count). The van der Waals surface area contributed by atoms with Gasteiger partial charge in [-0.1, -0.05) is 0 Å². The molecule has 0 spiro atoms. The highest BCUT2D eigenvalue weighted by Crippen LogP contribution is 2.11. The van der Waals surface area contributed by atoms with Gasteiger partial charge in [-0.3, -0.25) is 4.79 Å². The number of hydrogen-bond donors (Lipinski definition) is 1. The summed E-state index contributed by atoms with van der Waals surface area (Å²) in [5.41, 5.74) is 1.34. The second-order valence-electron chi connectivity index (χ2n) is 2.64. The number of hydrogen-bond acceptors (Lipinski definition) is 3. The Hall–Kier alpha value is -1.45. The van der Waals surface area contributed by atoms with Crippen LogP contribution in [0.1, 0.15) is 24.2 Å². The fourth-order valence-electron chi connectivity index (χ4n) is 0.838. The first-order valence-corrected chi connectivity index (χ1v) is 3.62. The van der Waals surface area contributed by atoms with E-state index in [0.717, 1.165) is 5.69 Å². The molecule has 12 heavy (non-hydrogen) atoms. The molecule has 1 N–H and O–H groups in total. The van der Waals surface area contributed by atoms with Crippen LogP contribution in [0, 0.1) is 6.92 Å². The molecule has 0 saturated carbocycles. The van der Waals surface area contributed by atoms with Crippen LogP contribution in [0.25, 0.3) is 0 Å². The van der Waals surface area contributed by atoms with Crippen molar-refractivity contribution in [2.75, 3.05) is 0 Å². The Balaban J connectivity index is 2.95. The zero-order chi connectivity index (χ0) is 9.14. The lowest BCUT2D eigenvalue weighted by Crippen LogP contribution is -2.09. The third-order valence-corrected chi connectivity index (χ3v) is 1.64. The van der Waals surface area contributed by atoms with Gasteiger partial charge >= 0.3 is 5.97 Å². The van der Waals surface area contributed by atoms with Crippen LogP contribution in [0.4, 0.5) is 0 Å². The van der Waals surface area contributed by atoms with E-state index in [-0.39, 0.29) is 0 Å². The minimum Gasteiger partial charge on any atom is -0.481 e. The van der Waals surface area contributed by atoms with E-state index in [0.29, 0.717) is 5.69 Å². The van der Waals surface area contributed by atoms with Crippen molar-refractivity contribution >= 4 is 5.97 Å². The van der Waals surface area contributed by atoms with E-state index in [1.54, 1.807) is 19.9 Å². The molecule has 1 unspecified atom stereocenters. The fourth-order valence-corrected chi connectivity index (χ4v) is 0.838. The molecule has 1 heterocycles. The molecule has 4 nitrogen and oxygen atoms in total. The summed E-state index contributed by atoms with van der Waals surface area (Å²) in [7, 11) is 0. The molecular weight excluding hydrogens is 156 g/mol. The Morgan fingerprint density at radius 1 is 1.58 bits per heavy atom. The highest BCUT2D eigenvalue weighted by molar-refractivity contribution is 5.74. The standard InChI is InChI=1S/C8H10N2O2/c1-5-3-7(10-4-9-5)6(2)8(11)12/h3-4,6H,1-2H3,(H,11,12).